The first-order chi connectivity index (χ1) is 22.1. The molecule has 0 aromatic heterocycles. The zero-order chi connectivity index (χ0) is 32.7. The number of halogens is 2. The van der Waals surface area contributed by atoms with Crippen LogP contribution in [0.1, 0.15) is 42.4 Å². The average molecular weight is 662 g/mol. The molecule has 2 amide bonds. The van der Waals surface area contributed by atoms with E-state index in [-0.39, 0.29) is 29.8 Å². The van der Waals surface area contributed by atoms with E-state index in [0.29, 0.717) is 21.8 Å². The number of hydrogen-bond acceptors (Lipinski definition) is 4. The van der Waals surface area contributed by atoms with Gasteiger partial charge in [0.15, 0.2) is 0 Å². The molecule has 0 aliphatic heterocycles. The third-order valence-electron chi connectivity index (χ3n) is 8.30. The molecular formula is C36H37ClFN3O4S. The minimum atomic E-state index is -4.25. The number of para-hydroxylation sites is 1. The molecular weight excluding hydrogens is 625 g/mol. The van der Waals surface area contributed by atoms with E-state index in [9.17, 15) is 22.4 Å². The highest BCUT2D eigenvalue weighted by Gasteiger charge is 2.36. The molecule has 46 heavy (non-hydrogen) atoms. The van der Waals surface area contributed by atoms with Gasteiger partial charge in [0.1, 0.15) is 18.4 Å². The number of benzene rings is 4. The van der Waals surface area contributed by atoms with E-state index in [4.69, 9.17) is 11.6 Å². The van der Waals surface area contributed by atoms with E-state index in [0.717, 1.165) is 35.6 Å². The smallest absolute Gasteiger partial charge is 0.264 e. The number of nitrogens with one attached hydrogen (secondary N) is 1. The monoisotopic (exact) mass is 661 g/mol. The fourth-order valence-corrected chi connectivity index (χ4v) is 7.40. The number of aryl methyl sites for hydroxylation is 1. The van der Waals surface area contributed by atoms with Crippen molar-refractivity contribution in [2.75, 3.05) is 10.8 Å². The van der Waals surface area contributed by atoms with Gasteiger partial charge in [-0.2, -0.15) is 0 Å². The number of sulfonamides is 1. The summed E-state index contributed by atoms with van der Waals surface area (Å²) in [5.74, 6) is -1.32. The van der Waals surface area contributed by atoms with Crippen LogP contribution in [0, 0.1) is 12.7 Å². The van der Waals surface area contributed by atoms with Gasteiger partial charge < -0.3 is 10.2 Å². The second kappa shape index (κ2) is 14.9. The fourth-order valence-electron chi connectivity index (χ4n) is 5.80. The Bertz CT molecular complexity index is 1750. The SMILES string of the molecule is Cc1ccccc1N(CC(=O)N(Cc1ccc(F)cc1)[C@@H](Cc1ccccc1)C(=O)NC1CCCC1)S(=O)(=O)c1ccc(Cl)cc1. The summed E-state index contributed by atoms with van der Waals surface area (Å²) in [6.07, 6.45) is 3.95. The number of rotatable bonds is 12. The molecule has 1 aliphatic rings. The lowest BCUT2D eigenvalue weighted by molar-refractivity contribution is -0.140. The van der Waals surface area contributed by atoms with E-state index < -0.39 is 34.3 Å². The maximum atomic E-state index is 14.6. The second-order valence-electron chi connectivity index (χ2n) is 11.6. The summed E-state index contributed by atoms with van der Waals surface area (Å²) in [5, 5.41) is 3.52. The lowest BCUT2D eigenvalue weighted by Gasteiger charge is -2.34. The Kier molecular flexibility index (Phi) is 10.8. The summed E-state index contributed by atoms with van der Waals surface area (Å²) in [7, 11) is -4.25. The van der Waals surface area contributed by atoms with Crippen molar-refractivity contribution in [1.29, 1.82) is 0 Å². The Morgan fingerprint density at radius 1 is 0.870 bits per heavy atom. The van der Waals surface area contributed by atoms with Crippen LogP contribution in [0.3, 0.4) is 0 Å². The molecule has 4 aromatic rings. The summed E-state index contributed by atoms with van der Waals surface area (Å²) in [6.45, 7) is 1.17. The van der Waals surface area contributed by atoms with Crippen molar-refractivity contribution >= 4 is 39.1 Å². The number of carbonyl (C=O) groups excluding carboxylic acids is 2. The Morgan fingerprint density at radius 2 is 1.50 bits per heavy atom. The van der Waals surface area contributed by atoms with Gasteiger partial charge in [-0.15, -0.1) is 0 Å². The molecule has 0 radical (unpaired) electrons. The van der Waals surface area contributed by atoms with E-state index in [2.05, 4.69) is 5.32 Å². The van der Waals surface area contributed by atoms with Crippen molar-refractivity contribution in [1.82, 2.24) is 10.2 Å². The largest absolute Gasteiger partial charge is 0.352 e. The zero-order valence-electron chi connectivity index (χ0n) is 25.6. The van der Waals surface area contributed by atoms with Gasteiger partial charge in [0.25, 0.3) is 10.0 Å². The van der Waals surface area contributed by atoms with Gasteiger partial charge in [0, 0.05) is 24.0 Å². The Balaban J connectivity index is 1.57. The maximum Gasteiger partial charge on any atom is 0.264 e. The number of carbonyl (C=O) groups is 2. The van der Waals surface area contributed by atoms with Crippen LogP contribution < -0.4 is 9.62 Å². The third-order valence-corrected chi connectivity index (χ3v) is 10.3. The highest BCUT2D eigenvalue weighted by atomic mass is 35.5. The molecule has 0 saturated heterocycles. The molecule has 10 heteroatoms. The molecule has 1 aliphatic carbocycles. The lowest BCUT2D eigenvalue weighted by atomic mass is 10.0. The average Bonchev–Trinajstić information content (AvgIpc) is 3.56. The first kappa shape index (κ1) is 33.2. The molecule has 1 atom stereocenters. The lowest BCUT2D eigenvalue weighted by Crippen LogP contribution is -2.54. The first-order valence-corrected chi connectivity index (χ1v) is 17.2. The van der Waals surface area contributed by atoms with Gasteiger partial charge in [-0.3, -0.25) is 13.9 Å². The van der Waals surface area contributed by atoms with Crippen LogP contribution in [-0.2, 0) is 32.6 Å². The van der Waals surface area contributed by atoms with Crippen LogP contribution in [0.2, 0.25) is 5.02 Å². The minimum absolute atomic E-state index is 0.00213. The van der Waals surface area contributed by atoms with Gasteiger partial charge in [0.2, 0.25) is 11.8 Å². The molecule has 1 N–H and O–H groups in total. The van der Waals surface area contributed by atoms with Gasteiger partial charge in [0.05, 0.1) is 10.6 Å². The molecule has 0 spiro atoms. The number of anilines is 1. The summed E-state index contributed by atoms with van der Waals surface area (Å²) in [4.78, 5) is 30.0. The predicted octanol–water partition coefficient (Wildman–Crippen LogP) is 6.68. The van der Waals surface area contributed by atoms with Crippen molar-refractivity contribution in [3.63, 3.8) is 0 Å². The molecule has 0 heterocycles. The predicted molar refractivity (Wildman–Crippen MR) is 178 cm³/mol. The summed E-state index contributed by atoms with van der Waals surface area (Å²) < 4.78 is 43.3. The molecule has 1 fully saturated rings. The number of amides is 2. The molecule has 4 aromatic carbocycles. The molecule has 1 saturated carbocycles. The topological polar surface area (TPSA) is 86.8 Å². The first-order valence-electron chi connectivity index (χ1n) is 15.3. The quantitative estimate of drug-likeness (QED) is 0.184. The molecule has 240 valence electrons. The van der Waals surface area contributed by atoms with Crippen molar-refractivity contribution < 1.29 is 22.4 Å². The van der Waals surface area contributed by atoms with E-state index >= 15 is 0 Å². The van der Waals surface area contributed by atoms with Crippen molar-refractivity contribution in [2.45, 2.75) is 62.6 Å². The molecule has 7 nitrogen and oxygen atoms in total. The van der Waals surface area contributed by atoms with Crippen LogP contribution >= 0.6 is 11.6 Å². The summed E-state index contributed by atoms with van der Waals surface area (Å²) >= 11 is 6.06. The van der Waals surface area contributed by atoms with Gasteiger partial charge in [-0.25, -0.2) is 12.8 Å². The number of nitrogens with zero attached hydrogens (tertiary/aromatic N) is 2. The van der Waals surface area contributed by atoms with Crippen molar-refractivity contribution in [3.8, 4) is 0 Å². The Morgan fingerprint density at radius 3 is 2.15 bits per heavy atom. The number of hydrogen-bond donors (Lipinski definition) is 1. The van der Waals surface area contributed by atoms with Crippen LogP contribution in [0.5, 0.6) is 0 Å². The minimum Gasteiger partial charge on any atom is -0.352 e. The van der Waals surface area contributed by atoms with Crippen molar-refractivity contribution in [3.05, 3.63) is 131 Å². The van der Waals surface area contributed by atoms with Crippen LogP contribution in [0.4, 0.5) is 10.1 Å². The third kappa shape index (κ3) is 8.13. The van der Waals surface area contributed by atoms with E-state index in [1.165, 1.54) is 41.3 Å². The molecule has 0 bridgehead atoms. The van der Waals surface area contributed by atoms with E-state index in [1.807, 2.05) is 30.3 Å². The van der Waals surface area contributed by atoms with Gasteiger partial charge >= 0.3 is 0 Å². The zero-order valence-corrected chi connectivity index (χ0v) is 27.2. The maximum absolute atomic E-state index is 14.6. The molecule has 0 unspecified atom stereocenters. The Labute approximate surface area is 275 Å². The second-order valence-corrected chi connectivity index (χ2v) is 13.9. The summed E-state index contributed by atoms with van der Waals surface area (Å²) in [6, 6.07) is 26.8. The van der Waals surface area contributed by atoms with Crippen molar-refractivity contribution in [2.24, 2.45) is 0 Å². The van der Waals surface area contributed by atoms with Gasteiger partial charge in [-0.1, -0.05) is 85.1 Å². The van der Waals surface area contributed by atoms with Crippen LogP contribution in [-0.4, -0.2) is 43.8 Å². The normalized spacial score (nSPS) is 14.1. The fraction of sp³-hybridized carbons (Fsp3) is 0.278. The van der Waals surface area contributed by atoms with Crippen LogP contribution in [0.15, 0.2) is 108 Å². The Hall–Kier alpha value is -4.21. The van der Waals surface area contributed by atoms with Crippen LogP contribution in [0.25, 0.3) is 0 Å². The summed E-state index contributed by atoms with van der Waals surface area (Å²) in [5.41, 5.74) is 2.43. The highest BCUT2D eigenvalue weighted by molar-refractivity contribution is 7.92. The standard InChI is InChI=1S/C36H37ClFN3O4S/c1-26-9-5-8-14-33(26)41(46(44,45)32-21-17-29(37)18-22-32)25-35(42)40(24-28-15-19-30(38)20-16-28)34(23-27-10-3-2-4-11-27)36(43)39-31-12-6-7-13-31/h2-5,8-11,14-22,31,34H,6-7,12-13,23-25H2,1H3,(H,39,43)/t34-/m0/s1. The highest BCUT2D eigenvalue weighted by Crippen LogP contribution is 2.28. The van der Waals surface area contributed by atoms with E-state index in [1.54, 1.807) is 43.3 Å². The van der Waals surface area contributed by atoms with Gasteiger partial charge in [-0.05, 0) is 78.9 Å². The molecule has 5 rings (SSSR count).